The van der Waals surface area contributed by atoms with Crippen LogP contribution < -0.4 is 0 Å². The average molecular weight is 316 g/mol. The molecule has 1 aromatic heterocycles. The number of nitrogens with zero attached hydrogens (tertiary/aromatic N) is 2. The van der Waals surface area contributed by atoms with Crippen LogP contribution in [0.15, 0.2) is 66.9 Å². The molecule has 0 fully saturated rings. The fourth-order valence-electron chi connectivity index (χ4n) is 3.45. The number of para-hydroxylation sites is 1. The highest BCUT2D eigenvalue weighted by atomic mass is 16.2. The van der Waals surface area contributed by atoms with E-state index in [4.69, 9.17) is 0 Å². The van der Waals surface area contributed by atoms with Crippen molar-refractivity contribution in [2.24, 2.45) is 7.05 Å². The highest BCUT2D eigenvalue weighted by molar-refractivity contribution is 6.07. The maximum atomic E-state index is 13.0. The van der Waals surface area contributed by atoms with Crippen molar-refractivity contribution >= 4 is 22.4 Å². The summed E-state index contributed by atoms with van der Waals surface area (Å²) in [5.74, 6) is 0.121. The van der Waals surface area contributed by atoms with E-state index in [1.165, 1.54) is 11.1 Å². The summed E-state index contributed by atoms with van der Waals surface area (Å²) < 4.78 is 2.03. The predicted molar refractivity (Wildman–Crippen MR) is 97.9 cm³/mol. The summed E-state index contributed by atoms with van der Waals surface area (Å²) in [4.78, 5) is 14.9. The molecule has 120 valence electrons. The van der Waals surface area contributed by atoms with Gasteiger partial charge in [-0.3, -0.25) is 4.79 Å². The molecule has 0 spiro atoms. The Kier molecular flexibility index (Phi) is 3.69. The first-order valence-electron chi connectivity index (χ1n) is 8.32. The summed E-state index contributed by atoms with van der Waals surface area (Å²) in [5, 5.41) is 1.03. The molecule has 24 heavy (non-hydrogen) atoms. The standard InChI is InChI=1S/C21H20N2O/c1-22-15-19(18-9-5-6-10-20(18)22)21(24)23-13-11-17(12-14-23)16-7-3-2-4-8-16/h2-11,15H,12-14H2,1H3. The van der Waals surface area contributed by atoms with E-state index in [-0.39, 0.29) is 5.91 Å². The monoisotopic (exact) mass is 316 g/mol. The summed E-state index contributed by atoms with van der Waals surface area (Å²) in [6, 6.07) is 18.5. The third kappa shape index (κ3) is 2.52. The lowest BCUT2D eigenvalue weighted by molar-refractivity contribution is 0.0774. The quantitative estimate of drug-likeness (QED) is 0.698. The third-order valence-corrected chi connectivity index (χ3v) is 4.77. The molecule has 0 radical (unpaired) electrons. The van der Waals surface area contributed by atoms with Crippen LogP contribution in [0.2, 0.25) is 0 Å². The van der Waals surface area contributed by atoms with Crippen molar-refractivity contribution in [3.63, 3.8) is 0 Å². The van der Waals surface area contributed by atoms with E-state index in [1.807, 2.05) is 47.0 Å². The molecule has 0 atom stereocenters. The molecule has 0 N–H and O–H groups in total. The van der Waals surface area contributed by atoms with Crippen molar-refractivity contribution in [1.29, 1.82) is 0 Å². The lowest BCUT2D eigenvalue weighted by Gasteiger charge is -2.26. The normalized spacial score (nSPS) is 14.7. The second-order valence-electron chi connectivity index (χ2n) is 6.27. The molecule has 0 unspecified atom stereocenters. The van der Waals surface area contributed by atoms with Crippen LogP contribution in [0.4, 0.5) is 0 Å². The molecule has 0 saturated heterocycles. The number of hydrogen-bond acceptors (Lipinski definition) is 1. The van der Waals surface area contributed by atoms with E-state index in [2.05, 4.69) is 36.4 Å². The Morgan fingerprint density at radius 2 is 1.75 bits per heavy atom. The molecular weight excluding hydrogens is 296 g/mol. The van der Waals surface area contributed by atoms with Gasteiger partial charge < -0.3 is 9.47 Å². The van der Waals surface area contributed by atoms with Gasteiger partial charge in [-0.15, -0.1) is 0 Å². The van der Waals surface area contributed by atoms with Crippen LogP contribution in [0.5, 0.6) is 0 Å². The zero-order valence-electron chi connectivity index (χ0n) is 13.8. The SMILES string of the molecule is Cn1cc(C(=O)N2CC=C(c3ccccc3)CC2)c2ccccc21. The van der Waals surface area contributed by atoms with E-state index < -0.39 is 0 Å². The molecule has 1 aliphatic heterocycles. The van der Waals surface area contributed by atoms with Gasteiger partial charge >= 0.3 is 0 Å². The zero-order chi connectivity index (χ0) is 16.5. The number of fused-ring (bicyclic) bond motifs is 1. The number of aryl methyl sites for hydroxylation is 1. The molecule has 0 saturated carbocycles. The van der Waals surface area contributed by atoms with Crippen molar-refractivity contribution in [3.05, 3.63) is 78.0 Å². The highest BCUT2D eigenvalue weighted by Gasteiger charge is 2.22. The van der Waals surface area contributed by atoms with Crippen LogP contribution in [0.1, 0.15) is 22.3 Å². The second-order valence-corrected chi connectivity index (χ2v) is 6.27. The Hall–Kier alpha value is -2.81. The van der Waals surface area contributed by atoms with Gasteiger partial charge in [0.15, 0.2) is 0 Å². The number of rotatable bonds is 2. The lowest BCUT2D eigenvalue weighted by Crippen LogP contribution is -2.34. The van der Waals surface area contributed by atoms with Gasteiger partial charge in [0.05, 0.1) is 5.56 Å². The maximum Gasteiger partial charge on any atom is 0.256 e. The summed E-state index contributed by atoms with van der Waals surface area (Å²) in [7, 11) is 1.99. The Morgan fingerprint density at radius 1 is 1.00 bits per heavy atom. The number of aromatic nitrogens is 1. The van der Waals surface area contributed by atoms with E-state index in [0.717, 1.165) is 29.4 Å². The number of carbonyl (C=O) groups is 1. The van der Waals surface area contributed by atoms with Gasteiger partial charge in [0.25, 0.3) is 5.91 Å². The smallest absolute Gasteiger partial charge is 0.256 e. The van der Waals surface area contributed by atoms with Crippen molar-refractivity contribution in [2.75, 3.05) is 13.1 Å². The first kappa shape index (κ1) is 14.8. The van der Waals surface area contributed by atoms with Crippen LogP contribution >= 0.6 is 0 Å². The minimum absolute atomic E-state index is 0.121. The van der Waals surface area contributed by atoms with Crippen LogP contribution in [-0.2, 0) is 7.05 Å². The maximum absolute atomic E-state index is 13.0. The molecule has 1 amide bonds. The van der Waals surface area contributed by atoms with Crippen LogP contribution in [-0.4, -0.2) is 28.5 Å². The van der Waals surface area contributed by atoms with Crippen LogP contribution in [0.25, 0.3) is 16.5 Å². The molecule has 2 aromatic carbocycles. The molecule has 1 aliphatic rings. The van der Waals surface area contributed by atoms with Gasteiger partial charge in [-0.2, -0.15) is 0 Å². The minimum Gasteiger partial charge on any atom is -0.350 e. The summed E-state index contributed by atoms with van der Waals surface area (Å²) in [6.45, 7) is 1.44. The van der Waals surface area contributed by atoms with E-state index in [0.29, 0.717) is 6.54 Å². The Labute approximate surface area is 141 Å². The first-order valence-corrected chi connectivity index (χ1v) is 8.32. The highest BCUT2D eigenvalue weighted by Crippen LogP contribution is 2.26. The minimum atomic E-state index is 0.121. The summed E-state index contributed by atoms with van der Waals surface area (Å²) in [6.07, 6.45) is 5.03. The molecule has 4 rings (SSSR count). The summed E-state index contributed by atoms with van der Waals surface area (Å²) >= 11 is 0. The van der Waals surface area contributed by atoms with Gasteiger partial charge in [0.1, 0.15) is 0 Å². The average Bonchev–Trinajstić information content (AvgIpc) is 2.99. The summed E-state index contributed by atoms with van der Waals surface area (Å²) in [5.41, 5.74) is 4.48. The Morgan fingerprint density at radius 3 is 2.50 bits per heavy atom. The number of amides is 1. The van der Waals surface area contributed by atoms with Crippen molar-refractivity contribution in [1.82, 2.24) is 9.47 Å². The second kappa shape index (κ2) is 6.00. The van der Waals surface area contributed by atoms with Crippen molar-refractivity contribution in [2.45, 2.75) is 6.42 Å². The fraction of sp³-hybridized carbons (Fsp3) is 0.190. The molecule has 2 heterocycles. The first-order chi connectivity index (χ1) is 11.7. The molecule has 3 heteroatoms. The number of carbonyl (C=O) groups excluding carboxylic acids is 1. The zero-order valence-corrected chi connectivity index (χ0v) is 13.8. The molecule has 3 aromatic rings. The van der Waals surface area contributed by atoms with Crippen LogP contribution in [0, 0.1) is 0 Å². The van der Waals surface area contributed by atoms with Crippen LogP contribution in [0.3, 0.4) is 0 Å². The van der Waals surface area contributed by atoms with Crippen molar-refractivity contribution in [3.8, 4) is 0 Å². The Balaban J connectivity index is 1.59. The van der Waals surface area contributed by atoms with Gasteiger partial charge in [-0.25, -0.2) is 0 Å². The lowest BCUT2D eigenvalue weighted by atomic mass is 9.99. The molecule has 3 nitrogen and oxygen atoms in total. The van der Waals surface area contributed by atoms with Crippen molar-refractivity contribution < 1.29 is 4.79 Å². The molecule has 0 bridgehead atoms. The fourth-order valence-corrected chi connectivity index (χ4v) is 3.45. The largest absolute Gasteiger partial charge is 0.350 e. The van der Waals surface area contributed by atoms with E-state index >= 15 is 0 Å². The van der Waals surface area contributed by atoms with E-state index in [1.54, 1.807) is 0 Å². The number of benzene rings is 2. The van der Waals surface area contributed by atoms with Gasteiger partial charge in [0.2, 0.25) is 0 Å². The number of hydrogen-bond donors (Lipinski definition) is 0. The Bertz CT molecular complexity index is 921. The van der Waals surface area contributed by atoms with Gasteiger partial charge in [0, 0.05) is 37.2 Å². The third-order valence-electron chi connectivity index (χ3n) is 4.77. The molecular formula is C21H20N2O. The van der Waals surface area contributed by atoms with Gasteiger partial charge in [-0.1, -0.05) is 54.6 Å². The van der Waals surface area contributed by atoms with E-state index in [9.17, 15) is 4.79 Å². The predicted octanol–water partition coefficient (Wildman–Crippen LogP) is 4.11. The topological polar surface area (TPSA) is 25.2 Å². The van der Waals surface area contributed by atoms with Gasteiger partial charge in [-0.05, 0) is 23.6 Å². The molecule has 0 aliphatic carbocycles.